The van der Waals surface area contributed by atoms with Crippen molar-refractivity contribution in [2.45, 2.75) is 25.8 Å². The lowest BCUT2D eigenvalue weighted by Gasteiger charge is -2.20. The Morgan fingerprint density at radius 1 is 1.50 bits per heavy atom. The third-order valence-corrected chi connectivity index (χ3v) is 4.58. The summed E-state index contributed by atoms with van der Waals surface area (Å²) in [5.41, 5.74) is 5.82. The van der Waals surface area contributed by atoms with Gasteiger partial charge in [0.2, 0.25) is 0 Å². The number of aromatic nitrogens is 1. The molecule has 3 N–H and O–H groups in total. The van der Waals surface area contributed by atoms with Crippen LogP contribution in [0.25, 0.3) is 0 Å². The van der Waals surface area contributed by atoms with Crippen LogP contribution in [0.15, 0.2) is 0 Å². The van der Waals surface area contributed by atoms with Crippen molar-refractivity contribution >= 4 is 28.2 Å². The Morgan fingerprint density at radius 3 is 2.70 bits per heavy atom. The molecule has 2 rings (SSSR count). The second-order valence-electron chi connectivity index (χ2n) is 5.49. The molecule has 20 heavy (non-hydrogen) atoms. The van der Waals surface area contributed by atoms with Crippen LogP contribution in [0.1, 0.15) is 29.4 Å². The summed E-state index contributed by atoms with van der Waals surface area (Å²) in [6, 6.07) is 0.116. The van der Waals surface area contributed by atoms with Crippen molar-refractivity contribution < 1.29 is 4.79 Å². The molecule has 1 aliphatic heterocycles. The van der Waals surface area contributed by atoms with Gasteiger partial charge >= 0.3 is 0 Å². The molecule has 0 aromatic carbocycles. The summed E-state index contributed by atoms with van der Waals surface area (Å²) in [4.78, 5) is 21.2. The molecule has 112 valence electrons. The molecule has 0 radical (unpaired) electrons. The Bertz CT molecular complexity index is 467. The van der Waals surface area contributed by atoms with E-state index in [0.717, 1.165) is 24.8 Å². The van der Waals surface area contributed by atoms with E-state index in [0.29, 0.717) is 10.7 Å². The number of nitrogens with one attached hydrogen (secondary N) is 1. The summed E-state index contributed by atoms with van der Waals surface area (Å²) in [5, 5.41) is 3.76. The van der Waals surface area contributed by atoms with Crippen LogP contribution in [0.5, 0.6) is 0 Å². The average Bonchev–Trinajstić information content (AvgIpc) is 2.98. The molecule has 7 heteroatoms. The molecule has 1 unspecified atom stereocenters. The SMILES string of the molecule is CC(CN1CCCC1)NC(=O)c1sc(N(C)C)nc1N. The first-order valence-corrected chi connectivity index (χ1v) is 7.76. The number of nitrogens with two attached hydrogens (primary N) is 1. The van der Waals surface area contributed by atoms with Gasteiger partial charge in [-0.15, -0.1) is 0 Å². The van der Waals surface area contributed by atoms with E-state index in [-0.39, 0.29) is 11.9 Å². The zero-order valence-electron chi connectivity index (χ0n) is 12.3. The number of nitrogens with zero attached hydrogens (tertiary/aromatic N) is 3. The molecular formula is C13H23N5OS. The maximum absolute atomic E-state index is 12.2. The summed E-state index contributed by atoms with van der Waals surface area (Å²) < 4.78 is 0. The molecule has 1 fully saturated rings. The fraction of sp³-hybridized carbons (Fsp3) is 0.692. The highest BCUT2D eigenvalue weighted by molar-refractivity contribution is 7.18. The number of hydrogen-bond donors (Lipinski definition) is 2. The molecule has 1 amide bonds. The van der Waals surface area contributed by atoms with Crippen LogP contribution in [-0.2, 0) is 0 Å². The Morgan fingerprint density at radius 2 is 2.15 bits per heavy atom. The number of anilines is 2. The van der Waals surface area contributed by atoms with E-state index in [1.165, 1.54) is 24.2 Å². The second kappa shape index (κ2) is 6.41. The lowest BCUT2D eigenvalue weighted by molar-refractivity contribution is 0.0936. The highest BCUT2D eigenvalue weighted by Crippen LogP contribution is 2.26. The summed E-state index contributed by atoms with van der Waals surface area (Å²) in [6.07, 6.45) is 2.52. The smallest absolute Gasteiger partial charge is 0.265 e. The van der Waals surface area contributed by atoms with E-state index >= 15 is 0 Å². The van der Waals surface area contributed by atoms with Crippen molar-refractivity contribution in [1.82, 2.24) is 15.2 Å². The second-order valence-corrected chi connectivity index (χ2v) is 6.46. The Labute approximate surface area is 124 Å². The highest BCUT2D eigenvalue weighted by atomic mass is 32.1. The zero-order chi connectivity index (χ0) is 14.7. The quantitative estimate of drug-likeness (QED) is 0.848. The zero-order valence-corrected chi connectivity index (χ0v) is 13.2. The van der Waals surface area contributed by atoms with E-state index in [1.54, 1.807) is 0 Å². The van der Waals surface area contributed by atoms with E-state index in [2.05, 4.69) is 15.2 Å². The number of carbonyl (C=O) groups is 1. The van der Waals surface area contributed by atoms with Crippen LogP contribution in [0.3, 0.4) is 0 Å². The molecule has 1 saturated heterocycles. The van der Waals surface area contributed by atoms with E-state index in [1.807, 2.05) is 25.9 Å². The number of carbonyl (C=O) groups excluding carboxylic acids is 1. The molecule has 0 aliphatic carbocycles. The van der Waals surface area contributed by atoms with Crippen LogP contribution in [-0.4, -0.2) is 55.6 Å². The first-order valence-electron chi connectivity index (χ1n) is 6.94. The Balaban J connectivity index is 1.93. The molecule has 0 bridgehead atoms. The summed E-state index contributed by atoms with van der Waals surface area (Å²) in [5.74, 6) is 0.185. The fourth-order valence-electron chi connectivity index (χ4n) is 2.36. The van der Waals surface area contributed by atoms with Gasteiger partial charge in [-0.05, 0) is 32.9 Å². The van der Waals surface area contributed by atoms with Crippen molar-refractivity contribution in [3.8, 4) is 0 Å². The highest BCUT2D eigenvalue weighted by Gasteiger charge is 2.20. The van der Waals surface area contributed by atoms with Gasteiger partial charge in [0.25, 0.3) is 5.91 Å². The van der Waals surface area contributed by atoms with Gasteiger partial charge in [0.15, 0.2) is 5.13 Å². The lowest BCUT2D eigenvalue weighted by Crippen LogP contribution is -2.41. The van der Waals surface area contributed by atoms with Gasteiger partial charge in [0.1, 0.15) is 10.7 Å². The van der Waals surface area contributed by atoms with Gasteiger partial charge in [-0.1, -0.05) is 11.3 Å². The molecule has 1 atom stereocenters. The van der Waals surface area contributed by atoms with Crippen molar-refractivity contribution in [2.75, 3.05) is 44.4 Å². The standard InChI is InChI=1S/C13H23N5OS/c1-9(8-18-6-4-5-7-18)15-12(19)10-11(14)16-13(20-10)17(2)3/h9H,4-8,14H2,1-3H3,(H,15,19). The molecule has 0 spiro atoms. The van der Waals surface area contributed by atoms with E-state index < -0.39 is 0 Å². The van der Waals surface area contributed by atoms with Gasteiger partial charge in [-0.3, -0.25) is 4.79 Å². The topological polar surface area (TPSA) is 74.5 Å². The van der Waals surface area contributed by atoms with Crippen LogP contribution in [0, 0.1) is 0 Å². The molecule has 1 aromatic rings. The van der Waals surface area contributed by atoms with E-state index in [9.17, 15) is 4.79 Å². The maximum atomic E-state index is 12.2. The van der Waals surface area contributed by atoms with Crippen LogP contribution in [0.4, 0.5) is 10.9 Å². The number of nitrogen functional groups attached to an aromatic ring is 1. The summed E-state index contributed by atoms with van der Waals surface area (Å²) in [6.45, 7) is 5.19. The average molecular weight is 297 g/mol. The Kier molecular flexibility index (Phi) is 4.82. The van der Waals surface area contributed by atoms with Gasteiger partial charge < -0.3 is 20.9 Å². The molecule has 0 saturated carbocycles. The fourth-order valence-corrected chi connectivity index (χ4v) is 3.17. The Hall–Kier alpha value is -1.34. The number of likely N-dealkylation sites (tertiary alicyclic amines) is 1. The predicted molar refractivity (Wildman–Crippen MR) is 83.5 cm³/mol. The number of thiazole rings is 1. The first-order chi connectivity index (χ1) is 9.47. The first kappa shape index (κ1) is 15.1. The molecular weight excluding hydrogens is 274 g/mol. The number of rotatable bonds is 5. The van der Waals surface area contributed by atoms with Crippen molar-refractivity contribution in [3.63, 3.8) is 0 Å². The lowest BCUT2D eigenvalue weighted by atomic mass is 10.3. The maximum Gasteiger partial charge on any atom is 0.265 e. The third kappa shape index (κ3) is 3.61. The van der Waals surface area contributed by atoms with Gasteiger partial charge in [0.05, 0.1) is 0 Å². The van der Waals surface area contributed by atoms with Crippen molar-refractivity contribution in [2.24, 2.45) is 0 Å². The van der Waals surface area contributed by atoms with Gasteiger partial charge in [-0.25, -0.2) is 4.98 Å². The third-order valence-electron chi connectivity index (χ3n) is 3.34. The van der Waals surface area contributed by atoms with Crippen molar-refractivity contribution in [1.29, 1.82) is 0 Å². The molecule has 1 aliphatic rings. The molecule has 1 aromatic heterocycles. The monoisotopic (exact) mass is 297 g/mol. The number of amides is 1. The summed E-state index contributed by atoms with van der Waals surface area (Å²) >= 11 is 1.32. The minimum Gasteiger partial charge on any atom is -0.382 e. The minimum absolute atomic E-state index is 0.116. The predicted octanol–water partition coefficient (Wildman–Crippen LogP) is 1.01. The van der Waals surface area contributed by atoms with Crippen LogP contribution < -0.4 is 16.0 Å². The minimum atomic E-state index is -0.125. The molecule has 2 heterocycles. The normalized spacial score (nSPS) is 17.1. The van der Waals surface area contributed by atoms with Gasteiger partial charge in [-0.2, -0.15) is 0 Å². The molecule has 6 nitrogen and oxygen atoms in total. The van der Waals surface area contributed by atoms with E-state index in [4.69, 9.17) is 5.73 Å². The van der Waals surface area contributed by atoms with Crippen LogP contribution in [0.2, 0.25) is 0 Å². The van der Waals surface area contributed by atoms with Gasteiger partial charge in [0, 0.05) is 26.7 Å². The van der Waals surface area contributed by atoms with Crippen molar-refractivity contribution in [3.05, 3.63) is 4.88 Å². The summed E-state index contributed by atoms with van der Waals surface area (Å²) in [7, 11) is 3.77. The largest absolute Gasteiger partial charge is 0.382 e. The van der Waals surface area contributed by atoms with Crippen LogP contribution >= 0.6 is 11.3 Å². The number of hydrogen-bond acceptors (Lipinski definition) is 6.